The molecule has 5 nitrogen and oxygen atoms in total. The van der Waals surface area contributed by atoms with Crippen LogP contribution < -0.4 is 0 Å². The third-order valence-corrected chi connectivity index (χ3v) is 11.8. The molecule has 0 aliphatic carbocycles. The highest BCUT2D eigenvalue weighted by molar-refractivity contribution is 6.16. The SMILES string of the molecule is c1ccc2cc3c(cc2c1)c1ccccc1n3-c1ccc2cc3c4ccccc4n(-c4nc(-c5ccc6c(c5)oc5ccccc56)nc5ccccc45)c3cc2c1. The second kappa shape index (κ2) is 11.4. The Kier molecular flexibility index (Phi) is 6.10. The van der Waals surface area contributed by atoms with Gasteiger partial charge in [-0.1, -0.05) is 103 Å². The van der Waals surface area contributed by atoms with Crippen molar-refractivity contribution in [2.45, 2.75) is 0 Å². The first kappa shape index (κ1) is 30.6. The van der Waals surface area contributed by atoms with Crippen LogP contribution >= 0.6 is 0 Å². The average molecular weight is 727 g/mol. The zero-order chi connectivity index (χ0) is 37.2. The lowest BCUT2D eigenvalue weighted by molar-refractivity contribution is 0.669. The molecule has 0 saturated carbocycles. The summed E-state index contributed by atoms with van der Waals surface area (Å²) in [5.41, 5.74) is 9.19. The predicted octanol–water partition coefficient (Wildman–Crippen LogP) is 13.7. The molecule has 264 valence electrons. The van der Waals surface area contributed by atoms with Crippen molar-refractivity contribution in [2.24, 2.45) is 0 Å². The summed E-state index contributed by atoms with van der Waals surface area (Å²) in [6.07, 6.45) is 0. The van der Waals surface area contributed by atoms with Crippen molar-refractivity contribution in [1.82, 2.24) is 19.1 Å². The smallest absolute Gasteiger partial charge is 0.162 e. The minimum absolute atomic E-state index is 0.652. The molecule has 5 heteroatoms. The number of benzene rings is 9. The van der Waals surface area contributed by atoms with E-state index in [-0.39, 0.29) is 0 Å². The highest BCUT2D eigenvalue weighted by Crippen LogP contribution is 2.40. The van der Waals surface area contributed by atoms with Crippen molar-refractivity contribution in [1.29, 1.82) is 0 Å². The summed E-state index contributed by atoms with van der Waals surface area (Å²) in [5.74, 6) is 1.50. The average Bonchev–Trinajstić information content (AvgIpc) is 3.91. The topological polar surface area (TPSA) is 48.8 Å². The van der Waals surface area contributed by atoms with Gasteiger partial charge in [0.15, 0.2) is 5.82 Å². The van der Waals surface area contributed by atoms with Crippen molar-refractivity contribution in [3.8, 4) is 22.9 Å². The Balaban J connectivity index is 1.06. The molecule has 0 radical (unpaired) electrons. The van der Waals surface area contributed by atoms with Gasteiger partial charge in [-0.25, -0.2) is 9.97 Å². The number of rotatable bonds is 3. The maximum absolute atomic E-state index is 6.30. The molecule has 0 aliphatic rings. The van der Waals surface area contributed by atoms with Gasteiger partial charge in [0.25, 0.3) is 0 Å². The Morgan fingerprint density at radius 3 is 1.75 bits per heavy atom. The highest BCUT2D eigenvalue weighted by Gasteiger charge is 2.20. The number of fused-ring (bicyclic) bond motifs is 12. The molecule has 0 amide bonds. The first-order chi connectivity index (χ1) is 28.2. The fourth-order valence-electron chi connectivity index (χ4n) is 9.22. The largest absolute Gasteiger partial charge is 0.456 e. The van der Waals surface area contributed by atoms with E-state index in [4.69, 9.17) is 14.4 Å². The lowest BCUT2D eigenvalue weighted by Gasteiger charge is -2.13. The van der Waals surface area contributed by atoms with Gasteiger partial charge < -0.3 is 8.98 Å². The van der Waals surface area contributed by atoms with E-state index in [2.05, 4.69) is 167 Å². The summed E-state index contributed by atoms with van der Waals surface area (Å²) < 4.78 is 11.0. The molecule has 0 N–H and O–H groups in total. The molecule has 0 atom stereocenters. The van der Waals surface area contributed by atoms with Gasteiger partial charge in [0.1, 0.15) is 17.0 Å². The molecule has 0 bridgehead atoms. The van der Waals surface area contributed by atoms with Gasteiger partial charge in [0, 0.05) is 49.0 Å². The summed E-state index contributed by atoms with van der Waals surface area (Å²) in [4.78, 5) is 10.5. The molecule has 0 fully saturated rings. The molecule has 0 unspecified atom stereocenters. The van der Waals surface area contributed by atoms with Crippen molar-refractivity contribution in [3.05, 3.63) is 182 Å². The molecule has 4 aromatic heterocycles. The normalized spacial score (nSPS) is 12.2. The number of hydrogen-bond donors (Lipinski definition) is 0. The van der Waals surface area contributed by atoms with Gasteiger partial charge in [0.2, 0.25) is 0 Å². The Morgan fingerprint density at radius 1 is 0.351 bits per heavy atom. The summed E-state index contributed by atoms with van der Waals surface area (Å²) in [7, 11) is 0. The fourth-order valence-corrected chi connectivity index (χ4v) is 9.22. The zero-order valence-corrected chi connectivity index (χ0v) is 30.5. The summed E-state index contributed by atoms with van der Waals surface area (Å²) in [5, 5.41) is 12.9. The van der Waals surface area contributed by atoms with E-state index in [1.807, 2.05) is 24.3 Å². The monoisotopic (exact) mass is 726 g/mol. The van der Waals surface area contributed by atoms with Gasteiger partial charge in [-0.2, -0.15) is 0 Å². The molecule has 4 heterocycles. The highest BCUT2D eigenvalue weighted by atomic mass is 16.3. The van der Waals surface area contributed by atoms with Crippen LogP contribution in [-0.4, -0.2) is 19.1 Å². The molecule has 0 spiro atoms. The molecule has 57 heavy (non-hydrogen) atoms. The van der Waals surface area contributed by atoms with E-state index in [0.29, 0.717) is 5.82 Å². The van der Waals surface area contributed by atoms with Crippen LogP contribution in [0.1, 0.15) is 0 Å². The Hall–Kier alpha value is -7.76. The van der Waals surface area contributed by atoms with Crippen LogP contribution in [0, 0.1) is 0 Å². The minimum Gasteiger partial charge on any atom is -0.456 e. The fraction of sp³-hybridized carbons (Fsp3) is 0. The number of nitrogens with zero attached hydrogens (tertiary/aromatic N) is 4. The van der Waals surface area contributed by atoms with E-state index in [0.717, 1.165) is 66.3 Å². The quantitative estimate of drug-likeness (QED) is 0.182. The Bertz CT molecular complexity index is 3830. The third-order valence-electron chi connectivity index (χ3n) is 11.8. The number of para-hydroxylation sites is 4. The van der Waals surface area contributed by atoms with Gasteiger partial charge >= 0.3 is 0 Å². The van der Waals surface area contributed by atoms with Crippen LogP contribution in [0.2, 0.25) is 0 Å². The van der Waals surface area contributed by atoms with Crippen LogP contribution in [0.25, 0.3) is 121 Å². The third kappa shape index (κ3) is 4.39. The van der Waals surface area contributed by atoms with Gasteiger partial charge in [-0.15, -0.1) is 0 Å². The van der Waals surface area contributed by atoms with E-state index in [9.17, 15) is 0 Å². The second-order valence-electron chi connectivity index (χ2n) is 15.0. The number of hydrogen-bond acceptors (Lipinski definition) is 3. The predicted molar refractivity (Wildman–Crippen MR) is 236 cm³/mol. The molecular formula is C52H30N4O. The zero-order valence-electron chi connectivity index (χ0n) is 30.5. The molecular weight excluding hydrogens is 697 g/mol. The van der Waals surface area contributed by atoms with Crippen molar-refractivity contribution in [2.75, 3.05) is 0 Å². The minimum atomic E-state index is 0.652. The maximum atomic E-state index is 6.30. The van der Waals surface area contributed by atoms with E-state index in [1.165, 1.54) is 48.7 Å². The van der Waals surface area contributed by atoms with Crippen LogP contribution in [0.3, 0.4) is 0 Å². The molecule has 13 aromatic rings. The molecule has 9 aromatic carbocycles. The van der Waals surface area contributed by atoms with Gasteiger partial charge in [-0.05, 0) is 100 Å². The second-order valence-corrected chi connectivity index (χ2v) is 15.0. The molecule has 0 saturated heterocycles. The van der Waals surface area contributed by atoms with Gasteiger partial charge in [0.05, 0.1) is 27.6 Å². The van der Waals surface area contributed by atoms with Crippen molar-refractivity contribution >= 4 is 98.0 Å². The van der Waals surface area contributed by atoms with Gasteiger partial charge in [-0.3, -0.25) is 4.57 Å². The lowest BCUT2D eigenvalue weighted by Crippen LogP contribution is -2.02. The van der Waals surface area contributed by atoms with Crippen molar-refractivity contribution < 1.29 is 4.42 Å². The van der Waals surface area contributed by atoms with Crippen LogP contribution in [0.5, 0.6) is 0 Å². The van der Waals surface area contributed by atoms with Crippen LogP contribution in [0.15, 0.2) is 186 Å². The van der Waals surface area contributed by atoms with Crippen LogP contribution in [-0.2, 0) is 0 Å². The van der Waals surface area contributed by atoms with Crippen molar-refractivity contribution in [3.63, 3.8) is 0 Å². The Labute approximate surface area is 325 Å². The van der Waals surface area contributed by atoms with Crippen LogP contribution in [0.4, 0.5) is 0 Å². The van der Waals surface area contributed by atoms with E-state index >= 15 is 0 Å². The molecule has 13 rings (SSSR count). The van der Waals surface area contributed by atoms with E-state index < -0.39 is 0 Å². The summed E-state index contributed by atoms with van der Waals surface area (Å²) >= 11 is 0. The standard InChI is InChI=1S/C52H30N4O/c1-2-12-32-28-47-42(26-31(32)11-1)37-13-4-8-18-45(37)55(47)36-23-21-33-27-43-38-14-5-9-19-46(38)56(48(43)29-35(33)25-36)52-41-16-3-7-17-44(41)53-51(54-52)34-22-24-40-39-15-6-10-20-49(39)57-50(40)30-34/h1-30H. The van der Waals surface area contributed by atoms with E-state index in [1.54, 1.807) is 0 Å². The first-order valence-electron chi connectivity index (χ1n) is 19.3. The first-order valence-corrected chi connectivity index (χ1v) is 19.3. The summed E-state index contributed by atoms with van der Waals surface area (Å²) in [6, 6.07) is 65.0. The molecule has 0 aliphatic heterocycles. The maximum Gasteiger partial charge on any atom is 0.162 e. The number of furan rings is 1. The summed E-state index contributed by atoms with van der Waals surface area (Å²) in [6.45, 7) is 0. The Morgan fingerprint density at radius 2 is 0.947 bits per heavy atom. The number of aromatic nitrogens is 4. The lowest BCUT2D eigenvalue weighted by atomic mass is 10.0.